The van der Waals surface area contributed by atoms with E-state index in [0.29, 0.717) is 17.3 Å². The van der Waals surface area contributed by atoms with Crippen LogP contribution in [0.1, 0.15) is 41.2 Å². The number of anilines is 1. The normalized spacial score (nSPS) is 11.1. The van der Waals surface area contributed by atoms with Gasteiger partial charge in [-0.1, -0.05) is 18.2 Å². The number of aromatic nitrogens is 1. The van der Waals surface area contributed by atoms with Crippen LogP contribution in [-0.2, 0) is 0 Å². The van der Waals surface area contributed by atoms with E-state index in [4.69, 9.17) is 4.42 Å². The molecule has 0 fully saturated rings. The fraction of sp³-hybridized carbons (Fsp3) is 0.300. The highest BCUT2D eigenvalue weighted by Gasteiger charge is 2.27. The number of oxazole rings is 1. The average Bonchev–Trinajstić information content (AvgIpc) is 3.19. The third-order valence-electron chi connectivity index (χ3n) is 4.09. The summed E-state index contributed by atoms with van der Waals surface area (Å²) in [5, 5.41) is 1.97. The molecule has 0 aliphatic carbocycles. The second kappa shape index (κ2) is 6.84. The van der Waals surface area contributed by atoms with E-state index in [1.54, 1.807) is 23.2 Å². The van der Waals surface area contributed by atoms with Crippen molar-refractivity contribution < 1.29 is 9.21 Å². The second-order valence-corrected chi connectivity index (χ2v) is 7.41. The van der Waals surface area contributed by atoms with Crippen molar-refractivity contribution in [3.05, 3.63) is 58.3 Å². The first-order valence-electron chi connectivity index (χ1n) is 8.30. The minimum atomic E-state index is -0.132. The van der Waals surface area contributed by atoms with E-state index in [9.17, 15) is 4.79 Å². The predicted molar refractivity (Wildman–Crippen MR) is 102 cm³/mol. The van der Waals surface area contributed by atoms with Crippen LogP contribution in [0.5, 0.6) is 0 Å². The van der Waals surface area contributed by atoms with Gasteiger partial charge in [0.15, 0.2) is 5.69 Å². The number of aryl methyl sites for hydroxylation is 3. The third kappa shape index (κ3) is 3.37. The lowest BCUT2D eigenvalue weighted by Crippen LogP contribution is -2.38. The van der Waals surface area contributed by atoms with Crippen molar-refractivity contribution in [2.45, 2.75) is 40.7 Å². The van der Waals surface area contributed by atoms with Gasteiger partial charge in [-0.3, -0.25) is 4.79 Å². The predicted octanol–water partition coefficient (Wildman–Crippen LogP) is 5.38. The van der Waals surface area contributed by atoms with Crippen LogP contribution in [0.2, 0.25) is 0 Å². The van der Waals surface area contributed by atoms with E-state index in [1.165, 1.54) is 0 Å². The standard InChI is InChI=1S/C20H22N2O2S/c1-12(2)22(16-11-13(3)8-9-14(16)4)20(23)18-15(5)24-19(21-18)17-7-6-10-25-17/h6-12H,1-5H3. The Labute approximate surface area is 152 Å². The van der Waals surface area contributed by atoms with Crippen molar-refractivity contribution in [2.24, 2.45) is 0 Å². The number of benzene rings is 1. The number of rotatable bonds is 4. The Bertz CT molecular complexity index is 895. The van der Waals surface area contributed by atoms with Crippen LogP contribution in [-0.4, -0.2) is 16.9 Å². The van der Waals surface area contributed by atoms with E-state index in [2.05, 4.69) is 11.1 Å². The fourth-order valence-corrected chi connectivity index (χ4v) is 3.46. The molecule has 25 heavy (non-hydrogen) atoms. The van der Waals surface area contributed by atoms with E-state index in [-0.39, 0.29) is 11.9 Å². The fourth-order valence-electron chi connectivity index (χ4n) is 2.82. The van der Waals surface area contributed by atoms with Crippen molar-refractivity contribution >= 4 is 22.9 Å². The van der Waals surface area contributed by atoms with Crippen molar-refractivity contribution in [1.29, 1.82) is 0 Å². The van der Waals surface area contributed by atoms with Gasteiger partial charge in [-0.25, -0.2) is 4.98 Å². The molecule has 1 amide bonds. The van der Waals surface area contributed by atoms with E-state index < -0.39 is 0 Å². The number of amides is 1. The molecule has 0 atom stereocenters. The Kier molecular flexibility index (Phi) is 4.77. The Morgan fingerprint density at radius 2 is 1.96 bits per heavy atom. The summed E-state index contributed by atoms with van der Waals surface area (Å²) in [6.07, 6.45) is 0. The molecule has 0 unspecified atom stereocenters. The van der Waals surface area contributed by atoms with Gasteiger partial charge < -0.3 is 9.32 Å². The molecule has 0 spiro atoms. The molecule has 0 N–H and O–H groups in total. The zero-order valence-electron chi connectivity index (χ0n) is 15.2. The van der Waals surface area contributed by atoms with Gasteiger partial charge >= 0.3 is 0 Å². The lowest BCUT2D eigenvalue weighted by atomic mass is 10.1. The summed E-state index contributed by atoms with van der Waals surface area (Å²) in [6, 6.07) is 10.0. The Hall–Kier alpha value is -2.40. The van der Waals surface area contributed by atoms with Gasteiger partial charge in [-0.2, -0.15) is 0 Å². The molecule has 4 nitrogen and oxygen atoms in total. The zero-order chi connectivity index (χ0) is 18.1. The van der Waals surface area contributed by atoms with Crippen molar-refractivity contribution in [1.82, 2.24) is 4.98 Å². The lowest BCUT2D eigenvalue weighted by molar-refractivity contribution is 0.0974. The highest BCUT2D eigenvalue weighted by molar-refractivity contribution is 7.13. The number of nitrogens with zero attached hydrogens (tertiary/aromatic N) is 2. The maximum absolute atomic E-state index is 13.3. The number of thiophene rings is 1. The summed E-state index contributed by atoms with van der Waals surface area (Å²) in [7, 11) is 0. The van der Waals surface area contributed by atoms with E-state index >= 15 is 0 Å². The van der Waals surface area contributed by atoms with Crippen LogP contribution in [0.25, 0.3) is 10.8 Å². The van der Waals surface area contributed by atoms with Crippen LogP contribution >= 0.6 is 11.3 Å². The van der Waals surface area contributed by atoms with Crippen molar-refractivity contribution in [3.63, 3.8) is 0 Å². The van der Waals surface area contributed by atoms with Crippen LogP contribution in [0, 0.1) is 20.8 Å². The van der Waals surface area contributed by atoms with E-state index in [0.717, 1.165) is 21.7 Å². The number of hydrogen-bond donors (Lipinski definition) is 0. The molecule has 3 aromatic rings. The summed E-state index contributed by atoms with van der Waals surface area (Å²) in [6.45, 7) is 9.86. The highest BCUT2D eigenvalue weighted by atomic mass is 32.1. The molecule has 0 bridgehead atoms. The molecule has 130 valence electrons. The van der Waals surface area contributed by atoms with Crippen LogP contribution in [0.3, 0.4) is 0 Å². The molecule has 2 heterocycles. The van der Waals surface area contributed by atoms with Gasteiger partial charge in [0, 0.05) is 11.7 Å². The lowest BCUT2D eigenvalue weighted by Gasteiger charge is -2.28. The van der Waals surface area contributed by atoms with Crippen molar-refractivity contribution in [2.75, 3.05) is 4.90 Å². The van der Waals surface area contributed by atoms with Gasteiger partial charge in [0.2, 0.25) is 5.89 Å². The topological polar surface area (TPSA) is 46.3 Å². The molecule has 3 rings (SSSR count). The summed E-state index contributed by atoms with van der Waals surface area (Å²) < 4.78 is 5.75. The molecule has 1 aromatic carbocycles. The summed E-state index contributed by atoms with van der Waals surface area (Å²) in [4.78, 5) is 20.5. The van der Waals surface area contributed by atoms with E-state index in [1.807, 2.05) is 57.3 Å². The van der Waals surface area contributed by atoms with Crippen LogP contribution < -0.4 is 4.90 Å². The first kappa shape index (κ1) is 17.4. The van der Waals surface area contributed by atoms with Crippen LogP contribution in [0.4, 0.5) is 5.69 Å². The molecule has 2 aromatic heterocycles. The number of hydrogen-bond acceptors (Lipinski definition) is 4. The zero-order valence-corrected chi connectivity index (χ0v) is 16.0. The third-order valence-corrected chi connectivity index (χ3v) is 4.95. The Morgan fingerprint density at radius 1 is 1.20 bits per heavy atom. The van der Waals surface area contributed by atoms with Gasteiger partial charge in [0.05, 0.1) is 4.88 Å². The smallest absolute Gasteiger partial charge is 0.280 e. The maximum atomic E-state index is 13.3. The first-order valence-corrected chi connectivity index (χ1v) is 9.18. The summed E-state index contributed by atoms with van der Waals surface area (Å²) in [5.74, 6) is 0.914. The monoisotopic (exact) mass is 354 g/mol. The van der Waals surface area contributed by atoms with Crippen molar-refractivity contribution in [3.8, 4) is 10.8 Å². The van der Waals surface area contributed by atoms with Crippen LogP contribution in [0.15, 0.2) is 40.1 Å². The van der Waals surface area contributed by atoms with Gasteiger partial charge in [0.1, 0.15) is 5.76 Å². The largest absolute Gasteiger partial charge is 0.440 e. The van der Waals surface area contributed by atoms with Gasteiger partial charge in [-0.15, -0.1) is 11.3 Å². The molecule has 0 saturated heterocycles. The molecule has 5 heteroatoms. The molecule has 0 saturated carbocycles. The second-order valence-electron chi connectivity index (χ2n) is 6.46. The average molecular weight is 354 g/mol. The Morgan fingerprint density at radius 3 is 2.60 bits per heavy atom. The number of carbonyl (C=O) groups excluding carboxylic acids is 1. The maximum Gasteiger partial charge on any atom is 0.280 e. The minimum absolute atomic E-state index is 0.00860. The molecule has 0 radical (unpaired) electrons. The Balaban J connectivity index is 2.04. The molecular formula is C20H22N2O2S. The summed E-state index contributed by atoms with van der Waals surface area (Å²) >= 11 is 1.54. The first-order chi connectivity index (χ1) is 11.9. The number of carbonyl (C=O) groups is 1. The van der Waals surface area contributed by atoms with Gasteiger partial charge in [0.25, 0.3) is 5.91 Å². The highest BCUT2D eigenvalue weighted by Crippen LogP contribution is 2.29. The SMILES string of the molecule is Cc1ccc(C)c(N(C(=O)c2nc(-c3cccs3)oc2C)C(C)C)c1. The summed E-state index contributed by atoms with van der Waals surface area (Å²) in [5.41, 5.74) is 3.47. The molecular weight excluding hydrogens is 332 g/mol. The van der Waals surface area contributed by atoms with Gasteiger partial charge in [-0.05, 0) is 63.3 Å². The minimum Gasteiger partial charge on any atom is -0.440 e. The molecule has 0 aliphatic heterocycles. The quantitative estimate of drug-likeness (QED) is 0.631. The molecule has 0 aliphatic rings.